The third-order valence-electron chi connectivity index (χ3n) is 3.07. The number of H-pyrrole nitrogens is 1. The van der Waals surface area contributed by atoms with Crippen molar-refractivity contribution in [1.82, 2.24) is 9.97 Å². The molecule has 0 amide bonds. The molecule has 16 heavy (non-hydrogen) atoms. The van der Waals surface area contributed by atoms with Gasteiger partial charge in [0.25, 0.3) is 0 Å². The lowest BCUT2D eigenvalue weighted by molar-refractivity contribution is -0.137. The Labute approximate surface area is 99.0 Å². The van der Waals surface area contributed by atoms with Crippen LogP contribution in [0.1, 0.15) is 49.5 Å². The first-order chi connectivity index (χ1) is 7.66. The van der Waals surface area contributed by atoms with Gasteiger partial charge in [-0.05, 0) is 12.8 Å². The fourth-order valence-corrected chi connectivity index (χ4v) is 2.55. The maximum absolute atomic E-state index is 10.4. The predicted molar refractivity (Wildman–Crippen MR) is 60.8 cm³/mol. The van der Waals surface area contributed by atoms with Crippen molar-refractivity contribution in [2.45, 2.75) is 44.4 Å². The molecule has 1 aromatic rings. The molecule has 0 atom stereocenters. The zero-order chi connectivity index (χ0) is 11.5. The molecule has 1 aliphatic rings. The third kappa shape index (κ3) is 2.55. The summed E-state index contributed by atoms with van der Waals surface area (Å²) in [6.45, 7) is 0. The molecule has 5 heteroatoms. The van der Waals surface area contributed by atoms with Gasteiger partial charge in [-0.1, -0.05) is 24.4 Å². The number of carboxylic acid groups (broad SMARTS) is 1. The number of aromatic nitrogens is 2. The first-order valence-corrected chi connectivity index (χ1v) is 6.00. The van der Waals surface area contributed by atoms with Crippen LogP contribution in [0.2, 0.25) is 5.15 Å². The number of carbonyl (C=O) groups is 1. The quantitative estimate of drug-likeness (QED) is 0.853. The van der Waals surface area contributed by atoms with E-state index in [-0.39, 0.29) is 6.42 Å². The van der Waals surface area contributed by atoms with Gasteiger partial charge in [0.1, 0.15) is 5.82 Å². The second-order valence-electron chi connectivity index (χ2n) is 4.26. The van der Waals surface area contributed by atoms with Crippen molar-refractivity contribution < 1.29 is 9.90 Å². The van der Waals surface area contributed by atoms with Crippen molar-refractivity contribution in [3.8, 4) is 0 Å². The van der Waals surface area contributed by atoms with E-state index in [1.807, 2.05) is 0 Å². The van der Waals surface area contributed by atoms with Crippen molar-refractivity contribution >= 4 is 17.6 Å². The lowest BCUT2D eigenvalue weighted by atomic mass is 10.1. The molecule has 0 aliphatic heterocycles. The summed E-state index contributed by atoms with van der Waals surface area (Å²) >= 11 is 6.05. The van der Waals surface area contributed by atoms with Gasteiger partial charge >= 0.3 is 5.97 Å². The molecule has 1 fully saturated rings. The molecule has 2 N–H and O–H groups in total. The summed E-state index contributed by atoms with van der Waals surface area (Å²) in [6, 6.07) is 0. The molecule has 0 aromatic carbocycles. The molecular formula is C11H15ClN2O2. The summed E-state index contributed by atoms with van der Waals surface area (Å²) in [5.74, 6) is 0.364. The number of nitrogens with zero attached hydrogens (tertiary/aromatic N) is 1. The third-order valence-corrected chi connectivity index (χ3v) is 3.36. The van der Waals surface area contributed by atoms with Crippen LogP contribution in [0.5, 0.6) is 0 Å². The number of nitrogens with one attached hydrogen (secondary N) is 1. The van der Waals surface area contributed by atoms with E-state index < -0.39 is 5.97 Å². The summed E-state index contributed by atoms with van der Waals surface area (Å²) < 4.78 is 0. The van der Waals surface area contributed by atoms with Crippen molar-refractivity contribution in [2.75, 3.05) is 0 Å². The van der Waals surface area contributed by atoms with Gasteiger partial charge in [-0.15, -0.1) is 0 Å². The molecule has 0 bridgehead atoms. The fourth-order valence-electron chi connectivity index (χ4n) is 2.24. The maximum Gasteiger partial charge on any atom is 0.303 e. The fraction of sp³-hybridized carbons (Fsp3) is 0.636. The molecular weight excluding hydrogens is 228 g/mol. The van der Waals surface area contributed by atoms with Crippen LogP contribution in [0, 0.1) is 0 Å². The van der Waals surface area contributed by atoms with Gasteiger partial charge in [-0.3, -0.25) is 4.79 Å². The number of rotatable bonds is 4. The minimum Gasteiger partial charge on any atom is -0.481 e. The highest BCUT2D eigenvalue weighted by Crippen LogP contribution is 2.36. The molecule has 1 saturated carbocycles. The van der Waals surface area contributed by atoms with Gasteiger partial charge in [0.05, 0.1) is 12.1 Å². The molecule has 0 saturated heterocycles. The Kier molecular flexibility index (Phi) is 3.49. The lowest BCUT2D eigenvalue weighted by Crippen LogP contribution is -1.99. The van der Waals surface area contributed by atoms with Gasteiger partial charge in [0, 0.05) is 12.3 Å². The van der Waals surface area contributed by atoms with E-state index in [1.54, 1.807) is 0 Å². The molecule has 0 radical (unpaired) electrons. The molecule has 88 valence electrons. The van der Waals surface area contributed by atoms with Crippen LogP contribution in [0.15, 0.2) is 0 Å². The van der Waals surface area contributed by atoms with Gasteiger partial charge in [0.15, 0.2) is 5.15 Å². The number of aliphatic carboxylic acids is 1. The van der Waals surface area contributed by atoms with E-state index in [9.17, 15) is 4.79 Å². The van der Waals surface area contributed by atoms with Crippen molar-refractivity contribution in [3.63, 3.8) is 0 Å². The summed E-state index contributed by atoms with van der Waals surface area (Å²) in [5.41, 5.74) is 1.000. The number of halogens is 1. The van der Waals surface area contributed by atoms with Gasteiger partial charge in [0.2, 0.25) is 0 Å². The molecule has 2 rings (SSSR count). The van der Waals surface area contributed by atoms with E-state index >= 15 is 0 Å². The molecule has 4 nitrogen and oxygen atoms in total. The monoisotopic (exact) mass is 242 g/mol. The van der Waals surface area contributed by atoms with Gasteiger partial charge < -0.3 is 10.1 Å². The number of carboxylic acids is 1. The Bertz CT molecular complexity index is 383. The normalized spacial score (nSPS) is 16.8. The summed E-state index contributed by atoms with van der Waals surface area (Å²) in [7, 11) is 0. The molecule has 1 heterocycles. The Morgan fingerprint density at radius 2 is 2.19 bits per heavy atom. The van der Waals surface area contributed by atoms with Gasteiger partial charge in [-0.25, -0.2) is 4.98 Å². The molecule has 1 aromatic heterocycles. The molecule has 1 aliphatic carbocycles. The molecule has 0 unspecified atom stereocenters. The summed E-state index contributed by atoms with van der Waals surface area (Å²) in [4.78, 5) is 17.8. The summed E-state index contributed by atoms with van der Waals surface area (Å²) in [5, 5.41) is 9.11. The highest BCUT2D eigenvalue weighted by molar-refractivity contribution is 6.30. The first-order valence-electron chi connectivity index (χ1n) is 5.63. The van der Waals surface area contributed by atoms with Crippen molar-refractivity contribution in [3.05, 3.63) is 16.7 Å². The average Bonchev–Trinajstić information content (AvgIpc) is 2.83. The zero-order valence-electron chi connectivity index (χ0n) is 9.00. The van der Waals surface area contributed by atoms with E-state index in [0.29, 0.717) is 23.3 Å². The smallest absolute Gasteiger partial charge is 0.303 e. The largest absolute Gasteiger partial charge is 0.481 e. The minimum absolute atomic E-state index is 0.0912. The second-order valence-corrected chi connectivity index (χ2v) is 4.62. The van der Waals surface area contributed by atoms with E-state index in [0.717, 1.165) is 18.5 Å². The van der Waals surface area contributed by atoms with Crippen LogP contribution in [0.3, 0.4) is 0 Å². The topological polar surface area (TPSA) is 66.0 Å². The van der Waals surface area contributed by atoms with Crippen LogP contribution in [0.4, 0.5) is 0 Å². The Morgan fingerprint density at radius 1 is 1.50 bits per heavy atom. The van der Waals surface area contributed by atoms with Crippen LogP contribution < -0.4 is 0 Å². The lowest BCUT2D eigenvalue weighted by Gasteiger charge is -2.05. The van der Waals surface area contributed by atoms with Crippen LogP contribution in [-0.2, 0) is 11.2 Å². The second kappa shape index (κ2) is 4.87. The molecule has 0 spiro atoms. The van der Waals surface area contributed by atoms with Crippen LogP contribution in [0.25, 0.3) is 0 Å². The number of imidazole rings is 1. The number of aromatic amines is 1. The minimum atomic E-state index is -0.810. The highest BCUT2D eigenvalue weighted by atomic mass is 35.5. The Balaban J connectivity index is 2.05. The highest BCUT2D eigenvalue weighted by Gasteiger charge is 2.22. The Morgan fingerprint density at radius 3 is 2.81 bits per heavy atom. The van der Waals surface area contributed by atoms with Crippen LogP contribution >= 0.6 is 11.6 Å². The zero-order valence-corrected chi connectivity index (χ0v) is 9.76. The average molecular weight is 243 g/mol. The standard InChI is InChI=1S/C11H15ClN2O2/c12-11-10(7-3-1-2-4-7)13-8(14-11)5-6-9(15)16/h7H,1-6H2,(H,13,14)(H,15,16). The van der Waals surface area contributed by atoms with E-state index in [1.165, 1.54) is 12.8 Å². The van der Waals surface area contributed by atoms with E-state index in [4.69, 9.17) is 16.7 Å². The van der Waals surface area contributed by atoms with Crippen molar-refractivity contribution in [1.29, 1.82) is 0 Å². The number of hydrogen-bond donors (Lipinski definition) is 2. The van der Waals surface area contributed by atoms with Crippen LogP contribution in [-0.4, -0.2) is 21.0 Å². The predicted octanol–water partition coefficient (Wildman–Crippen LogP) is 2.74. The first kappa shape index (κ1) is 11.5. The number of hydrogen-bond acceptors (Lipinski definition) is 2. The number of aryl methyl sites for hydroxylation is 1. The van der Waals surface area contributed by atoms with Gasteiger partial charge in [-0.2, -0.15) is 0 Å². The maximum atomic E-state index is 10.4. The SMILES string of the molecule is O=C(O)CCc1nc(Cl)c(C2CCCC2)[nH]1. The van der Waals surface area contributed by atoms with E-state index in [2.05, 4.69) is 9.97 Å². The summed E-state index contributed by atoms with van der Waals surface area (Å²) in [6.07, 6.45) is 5.30. The van der Waals surface area contributed by atoms with Crippen molar-refractivity contribution in [2.24, 2.45) is 0 Å². The Hall–Kier alpha value is -1.03.